The van der Waals surface area contributed by atoms with Crippen molar-refractivity contribution in [1.82, 2.24) is 0 Å². The Morgan fingerprint density at radius 3 is 2.12 bits per heavy atom. The van der Waals surface area contributed by atoms with Crippen LogP contribution in [0.2, 0.25) is 0 Å². The van der Waals surface area contributed by atoms with Crippen LogP contribution in [0, 0.1) is 5.53 Å². The molecule has 0 spiro atoms. The van der Waals surface area contributed by atoms with E-state index in [1.54, 1.807) is 0 Å². The van der Waals surface area contributed by atoms with E-state index < -0.39 is 16.5 Å². The van der Waals surface area contributed by atoms with Crippen LogP contribution in [0.4, 0.5) is 4.79 Å². The Labute approximate surface area is 45.7 Å². The number of carbonyl (C=O) groups is 1. The highest BCUT2D eigenvalue weighted by Crippen LogP contribution is 1.76. The van der Waals surface area contributed by atoms with E-state index in [-0.39, 0.29) is 0 Å². The summed E-state index contributed by atoms with van der Waals surface area (Å²) in [6.45, 7) is 0. The van der Waals surface area contributed by atoms with Crippen molar-refractivity contribution in [2.45, 2.75) is 0 Å². The monoisotopic (exact) mass is 135 g/mol. The highest BCUT2D eigenvalue weighted by Gasteiger charge is 1.89. The first kappa shape index (κ1) is 6.89. The Bertz CT molecular complexity index is 217. The number of hydrogen-bond donors (Lipinski definition) is 1. The molecule has 8 heavy (non-hydrogen) atoms. The first-order chi connectivity index (χ1) is 3.66. The molecule has 0 aromatic rings. The number of hydrogen-bond acceptors (Lipinski definition) is 4. The van der Waals surface area contributed by atoms with Crippen molar-refractivity contribution in [2.75, 3.05) is 0 Å². The van der Waals surface area contributed by atoms with E-state index in [0.717, 1.165) is 0 Å². The first-order valence-corrected chi connectivity index (χ1v) is 2.42. The average molecular weight is 135 g/mol. The Hall–Kier alpha value is -1.11. The van der Waals surface area contributed by atoms with Gasteiger partial charge in [-0.05, 0) is 0 Å². The average Bonchev–Trinajstić information content (AvgIpc) is 1.65. The van der Waals surface area contributed by atoms with E-state index >= 15 is 0 Å². The second kappa shape index (κ2) is 2.97. The molecule has 0 aliphatic rings. The van der Waals surface area contributed by atoms with E-state index in [4.69, 9.17) is 5.53 Å². The molecule has 6 nitrogen and oxygen atoms in total. The zero-order valence-electron chi connectivity index (χ0n) is 3.53. The molecule has 0 saturated carbocycles. The molecule has 7 heteroatoms. The number of urea groups is 1. The fourth-order valence-electron chi connectivity index (χ4n) is 0.0842. The first-order valence-electron chi connectivity index (χ1n) is 1.39. The summed E-state index contributed by atoms with van der Waals surface area (Å²) in [5, 5.41) is 2.18. The summed E-state index contributed by atoms with van der Waals surface area (Å²) in [6, 6.07) is -1.32. The molecular weight excluding hydrogens is 134 g/mol. The molecular formula is CHN3O3S. The summed E-state index contributed by atoms with van der Waals surface area (Å²) < 4.78 is 21.2. The highest BCUT2D eigenvalue weighted by molar-refractivity contribution is 7.62. The van der Waals surface area contributed by atoms with Crippen molar-refractivity contribution < 1.29 is 13.2 Å². The Balaban J connectivity index is 4.34. The number of amides is 2. The smallest absolute Gasteiger partial charge is 0.241 e. The maximum Gasteiger partial charge on any atom is 0.400 e. The lowest BCUT2D eigenvalue weighted by Crippen LogP contribution is -1.77. The van der Waals surface area contributed by atoms with Crippen LogP contribution in [0.3, 0.4) is 0 Å². The van der Waals surface area contributed by atoms with Gasteiger partial charge in [-0.25, -0.2) is 4.79 Å². The number of nitrogens with one attached hydrogen (secondary N) is 1. The molecule has 0 heterocycles. The van der Waals surface area contributed by atoms with Gasteiger partial charge in [0.1, 0.15) is 0 Å². The van der Waals surface area contributed by atoms with E-state index in [0.29, 0.717) is 0 Å². The van der Waals surface area contributed by atoms with Crippen LogP contribution in [0.15, 0.2) is 9.48 Å². The third-order valence-electron chi connectivity index (χ3n) is 0.248. The van der Waals surface area contributed by atoms with Crippen LogP contribution in [-0.4, -0.2) is 14.4 Å². The predicted molar refractivity (Wildman–Crippen MR) is 21.9 cm³/mol. The van der Waals surface area contributed by atoms with Gasteiger partial charge in [0, 0.05) is 0 Å². The van der Waals surface area contributed by atoms with Crippen molar-refractivity contribution in [3.05, 3.63) is 0 Å². The van der Waals surface area contributed by atoms with Crippen LogP contribution in [0.5, 0.6) is 0 Å². The van der Waals surface area contributed by atoms with Gasteiger partial charge in [0.05, 0.1) is 0 Å². The van der Waals surface area contributed by atoms with Gasteiger partial charge in [-0.15, -0.1) is 0 Å². The quantitative estimate of drug-likeness (QED) is 0.480. The van der Waals surface area contributed by atoms with Crippen molar-refractivity contribution in [1.29, 1.82) is 5.53 Å². The van der Waals surface area contributed by atoms with Crippen LogP contribution >= 0.6 is 0 Å². The Morgan fingerprint density at radius 1 is 1.50 bits per heavy atom. The molecule has 0 radical (unpaired) electrons. The van der Waals surface area contributed by atoms with Gasteiger partial charge in [0.2, 0.25) is 0 Å². The highest BCUT2D eigenvalue weighted by atomic mass is 32.2. The maximum atomic E-state index is 9.71. The molecule has 0 bridgehead atoms. The Kier molecular flexibility index (Phi) is 2.56. The standard InChI is InChI=1S/CHN3O3S/c2-3-1(5)4-8(6)7/h2H. The van der Waals surface area contributed by atoms with Crippen molar-refractivity contribution >= 4 is 16.5 Å². The molecule has 0 aliphatic carbocycles. The largest absolute Gasteiger partial charge is 0.400 e. The molecule has 0 aromatic carbocycles. The van der Waals surface area contributed by atoms with Gasteiger partial charge in [0.15, 0.2) is 0 Å². The van der Waals surface area contributed by atoms with Crippen molar-refractivity contribution in [3.63, 3.8) is 0 Å². The molecule has 0 atom stereocenters. The topological polar surface area (TPSA) is 99.8 Å². The third-order valence-corrected chi connectivity index (χ3v) is 0.554. The third kappa shape index (κ3) is 3.09. The fraction of sp³-hybridized carbons (Fsp3) is 0. The predicted octanol–water partition coefficient (Wildman–Crippen LogP) is 0.200. The lowest BCUT2D eigenvalue weighted by molar-refractivity contribution is 0.255. The molecule has 2 amide bonds. The minimum Gasteiger partial charge on any atom is -0.241 e. The second-order valence-corrected chi connectivity index (χ2v) is 1.32. The molecule has 44 valence electrons. The number of rotatable bonds is 0. The molecule has 0 unspecified atom stereocenters. The van der Waals surface area contributed by atoms with Crippen molar-refractivity contribution in [2.24, 2.45) is 9.48 Å². The van der Waals surface area contributed by atoms with Crippen LogP contribution < -0.4 is 0 Å². The minimum atomic E-state index is -2.78. The van der Waals surface area contributed by atoms with Gasteiger partial charge >= 0.3 is 16.5 Å². The zero-order chi connectivity index (χ0) is 6.57. The van der Waals surface area contributed by atoms with E-state index in [2.05, 4.69) is 9.48 Å². The molecule has 0 fully saturated rings. The molecule has 0 saturated heterocycles. The van der Waals surface area contributed by atoms with Gasteiger partial charge < -0.3 is 0 Å². The zero-order valence-corrected chi connectivity index (χ0v) is 4.34. The number of carbonyl (C=O) groups excluding carboxylic acids is 1. The van der Waals surface area contributed by atoms with Gasteiger partial charge in [-0.2, -0.15) is 13.9 Å². The fourth-order valence-corrected chi connectivity index (χ4v) is 0.253. The van der Waals surface area contributed by atoms with Gasteiger partial charge in [0.25, 0.3) is 0 Å². The number of nitrogens with zero attached hydrogens (tertiary/aromatic N) is 2. The van der Waals surface area contributed by atoms with Crippen LogP contribution in [-0.2, 0) is 10.5 Å². The van der Waals surface area contributed by atoms with E-state index in [9.17, 15) is 13.2 Å². The van der Waals surface area contributed by atoms with Crippen molar-refractivity contribution in [3.8, 4) is 0 Å². The van der Waals surface area contributed by atoms with E-state index in [1.165, 1.54) is 0 Å². The van der Waals surface area contributed by atoms with E-state index in [1.807, 2.05) is 0 Å². The lowest BCUT2D eigenvalue weighted by Gasteiger charge is -1.64. The summed E-state index contributed by atoms with van der Waals surface area (Å²) in [7, 11) is -2.78. The minimum absolute atomic E-state index is 1.32. The maximum absolute atomic E-state index is 9.71. The summed E-state index contributed by atoms with van der Waals surface area (Å²) in [5.74, 6) is 0. The summed E-state index contributed by atoms with van der Waals surface area (Å²) in [6.07, 6.45) is 0. The summed E-state index contributed by atoms with van der Waals surface area (Å²) in [5.41, 5.74) is 5.91. The molecule has 1 N–H and O–H groups in total. The second-order valence-electron chi connectivity index (χ2n) is 0.703. The summed E-state index contributed by atoms with van der Waals surface area (Å²) >= 11 is 0. The summed E-state index contributed by atoms with van der Waals surface area (Å²) in [4.78, 5) is 9.71. The van der Waals surface area contributed by atoms with Crippen LogP contribution in [0.25, 0.3) is 0 Å². The molecule has 0 rings (SSSR count). The SMILES string of the molecule is N=NC(=O)N=S(=O)=O. The van der Waals surface area contributed by atoms with Gasteiger partial charge in [-0.1, -0.05) is 9.48 Å². The molecule has 0 aromatic heterocycles. The van der Waals surface area contributed by atoms with Gasteiger partial charge in [-0.3, -0.25) is 0 Å². The Morgan fingerprint density at radius 2 is 2.00 bits per heavy atom. The normalized spacial score (nSPS) is 7.50. The van der Waals surface area contributed by atoms with Crippen LogP contribution in [0.1, 0.15) is 0 Å². The molecule has 0 aliphatic heterocycles. The lowest BCUT2D eigenvalue weighted by atomic mass is 11.2.